The van der Waals surface area contributed by atoms with Crippen molar-refractivity contribution in [3.05, 3.63) is 66.5 Å². The van der Waals surface area contributed by atoms with E-state index >= 15 is 0 Å². The van der Waals surface area contributed by atoms with E-state index < -0.39 is 0 Å². The fraction of sp³-hybridized carbons (Fsp3) is 0.756. The summed E-state index contributed by atoms with van der Waals surface area (Å²) in [5.74, 6) is 0. The highest BCUT2D eigenvalue weighted by molar-refractivity contribution is 5.14. The third-order valence-electron chi connectivity index (χ3n) is 9.71. The molecule has 0 saturated heterocycles. The molecule has 0 N–H and O–H groups in total. The van der Waals surface area contributed by atoms with Gasteiger partial charge in [-0.3, -0.25) is 0 Å². The van der Waals surface area contributed by atoms with Gasteiger partial charge in [0.25, 0.3) is 0 Å². The van der Waals surface area contributed by atoms with Gasteiger partial charge in [0.1, 0.15) is 6.54 Å². The maximum Gasteiger partial charge on any atom is 0.168 e. The molecule has 1 heterocycles. The van der Waals surface area contributed by atoms with Gasteiger partial charge in [-0.25, -0.2) is 4.57 Å². The first-order chi connectivity index (χ1) is 22.9. The second-order valence-electron chi connectivity index (χ2n) is 14.2. The van der Waals surface area contributed by atoms with Gasteiger partial charge in [0.15, 0.2) is 12.4 Å². The molecule has 0 fully saturated rings. The van der Waals surface area contributed by atoms with Crippen molar-refractivity contribution >= 4 is 0 Å². The number of nitrogens with zero attached hydrogens (tertiary/aromatic N) is 1. The van der Waals surface area contributed by atoms with Crippen molar-refractivity contribution in [3.63, 3.8) is 0 Å². The van der Waals surface area contributed by atoms with E-state index in [4.69, 9.17) is 0 Å². The van der Waals surface area contributed by atoms with E-state index in [1.807, 2.05) is 0 Å². The first-order valence-electron chi connectivity index (χ1n) is 20.8. The summed E-state index contributed by atoms with van der Waals surface area (Å²) in [5, 5.41) is 0. The molecule has 0 aliphatic heterocycles. The Kier molecular flexibility index (Phi) is 33.4. The molecule has 0 bridgehead atoms. The van der Waals surface area contributed by atoms with E-state index in [2.05, 4.69) is 79.3 Å². The minimum atomic E-state index is 1.18. The molecule has 0 aliphatic carbocycles. The first-order valence-corrected chi connectivity index (χ1v) is 20.8. The average Bonchev–Trinajstić information content (AvgIpc) is 3.09. The van der Waals surface area contributed by atoms with Gasteiger partial charge in [-0.1, -0.05) is 224 Å². The molecule has 2 aromatic rings. The zero-order valence-electron chi connectivity index (χ0n) is 31.3. The minimum Gasteiger partial charge on any atom is -0.205 e. The number of hydrogen-bond donors (Lipinski definition) is 0. The van der Waals surface area contributed by atoms with Crippen molar-refractivity contribution in [2.24, 2.45) is 0 Å². The van der Waals surface area contributed by atoms with Gasteiger partial charge in [0.2, 0.25) is 0 Å². The molecule has 2 rings (SSSR count). The predicted octanol–water partition coefficient (Wildman–Crippen LogP) is 14.9. The Bertz CT molecular complexity index is 800. The topological polar surface area (TPSA) is 3.88 Å². The smallest absolute Gasteiger partial charge is 0.168 e. The Morgan fingerprint density at radius 2 is 0.630 bits per heavy atom. The zero-order valence-corrected chi connectivity index (χ0v) is 31.3. The Balaban J connectivity index is 0.000000506. The van der Waals surface area contributed by atoms with Crippen molar-refractivity contribution in [2.75, 3.05) is 0 Å². The van der Waals surface area contributed by atoms with Gasteiger partial charge in [-0.15, -0.1) is 0 Å². The molecule has 0 spiro atoms. The van der Waals surface area contributed by atoms with E-state index in [1.54, 1.807) is 0 Å². The Labute approximate surface area is 289 Å². The van der Waals surface area contributed by atoms with Crippen LogP contribution in [0.3, 0.4) is 0 Å². The van der Waals surface area contributed by atoms with E-state index in [-0.39, 0.29) is 0 Å². The van der Waals surface area contributed by atoms with E-state index in [0.717, 1.165) is 0 Å². The van der Waals surface area contributed by atoms with Crippen LogP contribution in [-0.4, -0.2) is 0 Å². The molecule has 1 aromatic carbocycles. The summed E-state index contributed by atoms with van der Waals surface area (Å²) in [5.41, 5.74) is 1.50. The highest BCUT2D eigenvalue weighted by Gasteiger charge is 1.99. The summed E-state index contributed by atoms with van der Waals surface area (Å²) in [7, 11) is 0. The maximum absolute atomic E-state index is 2.30. The van der Waals surface area contributed by atoms with Crippen molar-refractivity contribution in [2.45, 2.75) is 219 Å². The van der Waals surface area contributed by atoms with Crippen LogP contribution in [0.15, 0.2) is 60.9 Å². The molecule has 0 aliphatic rings. The summed E-state index contributed by atoms with van der Waals surface area (Å²) < 4.78 is 2.30. The molecular weight excluding hydrogens is 555 g/mol. The van der Waals surface area contributed by atoms with Crippen LogP contribution in [0.2, 0.25) is 0 Å². The number of aryl methyl sites for hydroxylation is 2. The lowest BCUT2D eigenvalue weighted by atomic mass is 10.0. The molecule has 0 saturated carbocycles. The molecule has 1 heteroatoms. The molecule has 264 valence electrons. The highest BCUT2D eigenvalue weighted by atomic mass is 14.9. The van der Waals surface area contributed by atoms with Gasteiger partial charge in [-0.2, -0.15) is 0 Å². The highest BCUT2D eigenvalue weighted by Crippen LogP contribution is 2.15. The largest absolute Gasteiger partial charge is 0.205 e. The number of benzene rings is 1. The second kappa shape index (κ2) is 36.2. The van der Waals surface area contributed by atoms with Gasteiger partial charge >= 0.3 is 0 Å². The third kappa shape index (κ3) is 31.0. The van der Waals surface area contributed by atoms with Crippen LogP contribution in [0, 0.1) is 0 Å². The van der Waals surface area contributed by atoms with E-state index in [0.29, 0.717) is 0 Å². The van der Waals surface area contributed by atoms with Crippen molar-refractivity contribution in [1.82, 2.24) is 0 Å². The average molecular weight is 635 g/mol. The summed E-state index contributed by atoms with van der Waals surface area (Å²) >= 11 is 0. The summed E-state index contributed by atoms with van der Waals surface area (Å²) in [6.45, 7) is 5.77. The van der Waals surface area contributed by atoms with Gasteiger partial charge in [0.05, 0.1) is 0 Å². The standard InChI is InChI=1S/C27H50N.C18H30/c1-2-3-4-5-6-7-8-9-10-11-12-13-14-15-16-17-18-19-20-22-25-28-26-23-21-24-27-28;1-2-3-4-5-6-7-8-9-10-12-15-18-16-13-11-14-17-18/h21,23-24,26-27H,2-20,22,25H2,1H3;11,13-14,16-17H,2-10,12,15H2,1H3/q+1;. The van der Waals surface area contributed by atoms with Gasteiger partial charge in [-0.05, 0) is 24.8 Å². The molecular formula is C45H80N+. The Morgan fingerprint density at radius 3 is 1.00 bits per heavy atom. The maximum atomic E-state index is 2.30. The minimum absolute atomic E-state index is 1.18. The van der Waals surface area contributed by atoms with Crippen LogP contribution in [0.4, 0.5) is 0 Å². The summed E-state index contributed by atoms with van der Waals surface area (Å²) in [4.78, 5) is 0. The fourth-order valence-corrected chi connectivity index (χ4v) is 6.59. The Morgan fingerprint density at radius 1 is 0.326 bits per heavy atom. The quantitative estimate of drug-likeness (QED) is 0.0557. The van der Waals surface area contributed by atoms with Crippen LogP contribution in [0.1, 0.15) is 212 Å². The van der Waals surface area contributed by atoms with Gasteiger partial charge in [0, 0.05) is 18.6 Å². The monoisotopic (exact) mass is 635 g/mol. The fourth-order valence-electron chi connectivity index (χ4n) is 6.59. The first kappa shape index (κ1) is 42.4. The molecule has 0 radical (unpaired) electrons. The Hall–Kier alpha value is -1.63. The van der Waals surface area contributed by atoms with Crippen LogP contribution < -0.4 is 4.57 Å². The number of aromatic nitrogens is 1. The lowest BCUT2D eigenvalue weighted by Gasteiger charge is -2.04. The SMILES string of the molecule is CCCCCCCCCCCCCCCCCCCCCC[n+]1ccccc1.CCCCCCCCCCCCc1ccccc1. The zero-order chi connectivity index (χ0) is 32.9. The van der Waals surface area contributed by atoms with Crippen molar-refractivity contribution < 1.29 is 4.57 Å². The summed E-state index contributed by atoms with van der Waals surface area (Å²) in [6.07, 6.45) is 48.9. The molecule has 0 atom stereocenters. The van der Waals surface area contributed by atoms with Crippen LogP contribution >= 0.6 is 0 Å². The lowest BCUT2D eigenvalue weighted by Crippen LogP contribution is -2.32. The van der Waals surface area contributed by atoms with Crippen LogP contribution in [0.5, 0.6) is 0 Å². The number of pyridine rings is 1. The lowest BCUT2D eigenvalue weighted by molar-refractivity contribution is -0.697. The molecule has 46 heavy (non-hydrogen) atoms. The van der Waals surface area contributed by atoms with Crippen LogP contribution in [-0.2, 0) is 13.0 Å². The predicted molar refractivity (Wildman–Crippen MR) is 207 cm³/mol. The van der Waals surface area contributed by atoms with Crippen molar-refractivity contribution in [3.8, 4) is 0 Å². The number of unbranched alkanes of at least 4 members (excludes halogenated alkanes) is 28. The third-order valence-corrected chi connectivity index (χ3v) is 9.71. The molecule has 1 aromatic heterocycles. The number of hydrogen-bond acceptors (Lipinski definition) is 0. The van der Waals surface area contributed by atoms with Gasteiger partial charge < -0.3 is 0 Å². The second-order valence-corrected chi connectivity index (χ2v) is 14.2. The van der Waals surface area contributed by atoms with E-state index in [9.17, 15) is 0 Å². The summed E-state index contributed by atoms with van der Waals surface area (Å²) in [6, 6.07) is 17.2. The number of rotatable bonds is 32. The molecule has 0 unspecified atom stereocenters. The molecule has 1 nitrogen and oxygen atoms in total. The van der Waals surface area contributed by atoms with E-state index in [1.165, 1.54) is 211 Å². The normalized spacial score (nSPS) is 11.0. The molecule has 0 amide bonds. The van der Waals surface area contributed by atoms with Crippen molar-refractivity contribution in [1.29, 1.82) is 0 Å². The van der Waals surface area contributed by atoms with Crippen LogP contribution in [0.25, 0.3) is 0 Å².